The third kappa shape index (κ3) is 10.6. The van der Waals surface area contributed by atoms with Crippen LogP contribution in [-0.4, -0.2) is 24.3 Å². The summed E-state index contributed by atoms with van der Waals surface area (Å²) in [5.74, 6) is 0. The fourth-order valence-electron chi connectivity index (χ4n) is 3.68. The molecule has 2 aliphatic carbocycles. The van der Waals surface area contributed by atoms with Gasteiger partial charge in [-0.3, -0.25) is 0 Å². The predicted octanol–water partition coefficient (Wildman–Crippen LogP) is 5.84. The van der Waals surface area contributed by atoms with E-state index in [1.54, 1.807) is 0 Å². The van der Waals surface area contributed by atoms with Crippen molar-refractivity contribution in [3.63, 3.8) is 0 Å². The summed E-state index contributed by atoms with van der Waals surface area (Å²) in [6.45, 7) is 8.74. The Morgan fingerprint density at radius 1 is 0.682 bits per heavy atom. The highest BCUT2D eigenvalue weighted by Crippen LogP contribution is 2.20. The molecule has 0 bridgehead atoms. The van der Waals surface area contributed by atoms with E-state index >= 15 is 0 Å². The molecule has 2 rings (SSSR count). The van der Waals surface area contributed by atoms with Crippen LogP contribution < -0.4 is 5.32 Å². The highest BCUT2D eigenvalue weighted by Gasteiger charge is 2.13. The van der Waals surface area contributed by atoms with Crippen molar-refractivity contribution < 1.29 is 4.74 Å². The van der Waals surface area contributed by atoms with E-state index in [1.807, 2.05) is 0 Å². The fraction of sp³-hybridized carbons (Fsp3) is 1.00. The zero-order valence-corrected chi connectivity index (χ0v) is 15.7. The smallest absolute Gasteiger partial charge is 0.0578 e. The Morgan fingerprint density at radius 3 is 1.55 bits per heavy atom. The lowest BCUT2D eigenvalue weighted by atomic mass is 10.1. The maximum Gasteiger partial charge on any atom is 0.0578 e. The van der Waals surface area contributed by atoms with Crippen LogP contribution in [0.25, 0.3) is 0 Å². The lowest BCUT2D eigenvalue weighted by Crippen LogP contribution is -2.34. The van der Waals surface area contributed by atoms with E-state index in [0.717, 1.165) is 6.04 Å². The van der Waals surface area contributed by atoms with Crippen molar-refractivity contribution in [2.24, 2.45) is 0 Å². The zero-order chi connectivity index (χ0) is 16.2. The Labute approximate surface area is 139 Å². The fourth-order valence-corrected chi connectivity index (χ4v) is 3.68. The average Bonchev–Trinajstić information content (AvgIpc) is 2.83. The summed E-state index contributed by atoms with van der Waals surface area (Å²) < 4.78 is 5.77. The Balaban J connectivity index is 0.000000220. The van der Waals surface area contributed by atoms with Crippen molar-refractivity contribution in [1.82, 2.24) is 5.32 Å². The molecule has 0 spiro atoms. The summed E-state index contributed by atoms with van der Waals surface area (Å²) in [5, 5.41) is 3.62. The SMILES string of the molecule is CC(C)NC1CCCCCC1.CC(C)OC1CCCCCC1. The molecular formula is C20H41NO. The Hall–Kier alpha value is -0.0800. The normalized spacial score (nSPS) is 22.1. The molecule has 22 heavy (non-hydrogen) atoms. The monoisotopic (exact) mass is 311 g/mol. The number of hydrogen-bond donors (Lipinski definition) is 1. The van der Waals surface area contributed by atoms with Gasteiger partial charge in [0, 0.05) is 12.1 Å². The van der Waals surface area contributed by atoms with Crippen LogP contribution in [0.3, 0.4) is 0 Å². The van der Waals surface area contributed by atoms with Crippen molar-refractivity contribution >= 4 is 0 Å². The van der Waals surface area contributed by atoms with Gasteiger partial charge in [0.25, 0.3) is 0 Å². The molecule has 0 unspecified atom stereocenters. The van der Waals surface area contributed by atoms with Gasteiger partial charge in [-0.15, -0.1) is 0 Å². The maximum absolute atomic E-state index is 5.77. The van der Waals surface area contributed by atoms with E-state index in [2.05, 4.69) is 33.0 Å². The van der Waals surface area contributed by atoms with Gasteiger partial charge in [0.2, 0.25) is 0 Å². The molecule has 1 N–H and O–H groups in total. The standard InChI is InChI=1S/C10H21N.C10H20O/c2*1-9(2)11-10-7-5-3-4-6-8-10/h9-11H,3-8H2,1-2H3;9-10H,3-8H2,1-2H3. The van der Waals surface area contributed by atoms with E-state index in [4.69, 9.17) is 4.74 Å². The molecule has 2 aliphatic rings. The van der Waals surface area contributed by atoms with E-state index < -0.39 is 0 Å². The molecular weight excluding hydrogens is 270 g/mol. The molecule has 0 radical (unpaired) electrons. The highest BCUT2D eigenvalue weighted by molar-refractivity contribution is 4.72. The van der Waals surface area contributed by atoms with Gasteiger partial charge in [0.15, 0.2) is 0 Å². The minimum atomic E-state index is 0.415. The average molecular weight is 312 g/mol. The van der Waals surface area contributed by atoms with Crippen molar-refractivity contribution in [1.29, 1.82) is 0 Å². The van der Waals surface area contributed by atoms with Crippen LogP contribution in [0.15, 0.2) is 0 Å². The number of ether oxygens (including phenoxy) is 1. The van der Waals surface area contributed by atoms with Crippen LogP contribution in [0.5, 0.6) is 0 Å². The van der Waals surface area contributed by atoms with Crippen molar-refractivity contribution in [3.8, 4) is 0 Å². The lowest BCUT2D eigenvalue weighted by molar-refractivity contribution is 0.0000237. The Morgan fingerprint density at radius 2 is 1.14 bits per heavy atom. The second-order valence-electron chi connectivity index (χ2n) is 7.81. The second-order valence-corrected chi connectivity index (χ2v) is 7.81. The Kier molecular flexibility index (Phi) is 11.2. The number of nitrogens with one attached hydrogen (secondary N) is 1. The Bertz CT molecular complexity index is 210. The van der Waals surface area contributed by atoms with Gasteiger partial charge in [0.1, 0.15) is 0 Å². The molecule has 0 saturated heterocycles. The summed E-state index contributed by atoms with van der Waals surface area (Å²) in [4.78, 5) is 0. The van der Waals surface area contributed by atoms with Crippen molar-refractivity contribution in [3.05, 3.63) is 0 Å². The molecule has 0 aliphatic heterocycles. The van der Waals surface area contributed by atoms with Crippen molar-refractivity contribution in [2.45, 2.75) is 129 Å². The topological polar surface area (TPSA) is 21.3 Å². The van der Waals surface area contributed by atoms with E-state index in [1.165, 1.54) is 77.0 Å². The van der Waals surface area contributed by atoms with Crippen LogP contribution in [0, 0.1) is 0 Å². The number of hydrogen-bond acceptors (Lipinski definition) is 2. The van der Waals surface area contributed by atoms with E-state index in [9.17, 15) is 0 Å². The first-order valence-electron chi connectivity index (χ1n) is 9.99. The molecule has 0 heterocycles. The summed E-state index contributed by atoms with van der Waals surface area (Å²) in [7, 11) is 0. The molecule has 2 nitrogen and oxygen atoms in total. The molecule has 2 fully saturated rings. The molecule has 0 aromatic rings. The van der Waals surface area contributed by atoms with Gasteiger partial charge in [0.05, 0.1) is 12.2 Å². The molecule has 132 valence electrons. The van der Waals surface area contributed by atoms with E-state index in [-0.39, 0.29) is 0 Å². The van der Waals surface area contributed by atoms with Crippen LogP contribution in [0.1, 0.15) is 105 Å². The molecule has 2 saturated carbocycles. The van der Waals surface area contributed by atoms with Crippen LogP contribution >= 0.6 is 0 Å². The van der Waals surface area contributed by atoms with Gasteiger partial charge < -0.3 is 10.1 Å². The first-order valence-corrected chi connectivity index (χ1v) is 9.99. The summed E-state index contributed by atoms with van der Waals surface area (Å²) in [6, 6.07) is 1.48. The molecule has 0 aromatic heterocycles. The highest BCUT2D eigenvalue weighted by atomic mass is 16.5. The third-order valence-electron chi connectivity index (χ3n) is 4.69. The van der Waals surface area contributed by atoms with Crippen LogP contribution in [-0.2, 0) is 4.74 Å². The lowest BCUT2D eigenvalue weighted by Gasteiger charge is -2.18. The van der Waals surface area contributed by atoms with Crippen LogP contribution in [0.2, 0.25) is 0 Å². The second kappa shape index (κ2) is 12.4. The minimum absolute atomic E-state index is 0.415. The van der Waals surface area contributed by atoms with Gasteiger partial charge in [-0.05, 0) is 39.5 Å². The van der Waals surface area contributed by atoms with Gasteiger partial charge >= 0.3 is 0 Å². The van der Waals surface area contributed by atoms with Crippen molar-refractivity contribution in [2.75, 3.05) is 0 Å². The van der Waals surface area contributed by atoms with Gasteiger partial charge in [-0.2, -0.15) is 0 Å². The maximum atomic E-state index is 5.77. The number of rotatable bonds is 4. The molecule has 0 amide bonds. The molecule has 2 heteroatoms. The molecule has 0 atom stereocenters. The first-order chi connectivity index (χ1) is 10.6. The summed E-state index contributed by atoms with van der Waals surface area (Å²) in [5.41, 5.74) is 0. The van der Waals surface area contributed by atoms with Crippen LogP contribution in [0.4, 0.5) is 0 Å². The zero-order valence-electron chi connectivity index (χ0n) is 15.7. The summed E-state index contributed by atoms with van der Waals surface area (Å²) >= 11 is 0. The largest absolute Gasteiger partial charge is 0.376 e. The minimum Gasteiger partial charge on any atom is -0.376 e. The van der Waals surface area contributed by atoms with Gasteiger partial charge in [-0.25, -0.2) is 0 Å². The third-order valence-corrected chi connectivity index (χ3v) is 4.69. The van der Waals surface area contributed by atoms with Gasteiger partial charge in [-0.1, -0.05) is 65.2 Å². The van der Waals surface area contributed by atoms with E-state index in [0.29, 0.717) is 18.2 Å². The quantitative estimate of drug-likeness (QED) is 0.658. The predicted molar refractivity (Wildman–Crippen MR) is 97.5 cm³/mol. The molecule has 0 aromatic carbocycles. The summed E-state index contributed by atoms with van der Waals surface area (Å²) in [6.07, 6.45) is 17.7. The first kappa shape index (κ1) is 20.0.